The Morgan fingerprint density at radius 3 is 2.67 bits per heavy atom. The van der Waals surface area contributed by atoms with Gasteiger partial charge >= 0.3 is 6.18 Å². The number of carbonyl (C=O) groups is 1. The van der Waals surface area contributed by atoms with E-state index in [1.165, 1.54) is 23.8 Å². The number of anilines is 2. The average molecular weight is 441 g/mol. The summed E-state index contributed by atoms with van der Waals surface area (Å²) in [6.45, 7) is 1.37. The number of hydrogen-bond donors (Lipinski definition) is 1. The third-order valence-electron chi connectivity index (χ3n) is 3.86. The molecule has 5 nitrogen and oxygen atoms in total. The average Bonchev–Trinajstić information content (AvgIpc) is 2.92. The molecule has 0 atom stereocenters. The topological polar surface area (TPSA) is 70.7 Å². The number of alkyl halides is 3. The minimum atomic E-state index is -4.59. The minimum Gasteiger partial charge on any atom is -0.666 e. The van der Waals surface area contributed by atoms with Gasteiger partial charge in [0.15, 0.2) is 0 Å². The maximum absolute atomic E-state index is 13.4. The van der Waals surface area contributed by atoms with Gasteiger partial charge in [0.25, 0.3) is 0 Å². The third kappa shape index (κ3) is 4.37. The number of rotatable bonds is 4. The number of nitrogens with zero attached hydrogens (tertiary/aromatic N) is 2. The normalized spacial score (nSPS) is 11.3. The maximum atomic E-state index is 13.4. The number of nitrogens with one attached hydrogen (secondary N) is 2. The van der Waals surface area contributed by atoms with Gasteiger partial charge in [-0.3, -0.25) is 0 Å². The second-order valence-electron chi connectivity index (χ2n) is 5.73. The SMILES string of the molecule is Cc1cc(Cl)cc(C(F)(F)F)c1Nc1nccc2c1ccn2CC([NH-])=O.[Co]. The Bertz CT molecular complexity index is 1000. The van der Waals surface area contributed by atoms with Crippen molar-refractivity contribution in [3.05, 3.63) is 58.5 Å². The van der Waals surface area contributed by atoms with E-state index in [4.69, 9.17) is 17.3 Å². The Morgan fingerprint density at radius 2 is 2.04 bits per heavy atom. The van der Waals surface area contributed by atoms with Crippen molar-refractivity contribution in [2.45, 2.75) is 19.6 Å². The van der Waals surface area contributed by atoms with Crippen LogP contribution in [0.5, 0.6) is 0 Å². The van der Waals surface area contributed by atoms with Crippen molar-refractivity contribution >= 4 is 39.9 Å². The molecule has 2 N–H and O–H groups in total. The molecule has 2 aromatic heterocycles. The van der Waals surface area contributed by atoms with Gasteiger partial charge in [-0.05, 0) is 36.8 Å². The largest absolute Gasteiger partial charge is 0.666 e. The monoisotopic (exact) mass is 440 g/mol. The van der Waals surface area contributed by atoms with Gasteiger partial charge in [-0.2, -0.15) is 13.2 Å². The van der Waals surface area contributed by atoms with Gasteiger partial charge in [-0.15, -0.1) is 0 Å². The number of halogens is 4. The van der Waals surface area contributed by atoms with E-state index in [2.05, 4.69) is 10.3 Å². The van der Waals surface area contributed by atoms with E-state index in [1.54, 1.807) is 18.3 Å². The van der Waals surface area contributed by atoms with Crippen molar-refractivity contribution in [2.24, 2.45) is 0 Å². The predicted molar refractivity (Wildman–Crippen MR) is 93.5 cm³/mol. The molecule has 10 heteroatoms. The van der Waals surface area contributed by atoms with Crippen LogP contribution < -0.4 is 5.32 Å². The maximum Gasteiger partial charge on any atom is 0.418 e. The summed E-state index contributed by atoms with van der Waals surface area (Å²) in [6, 6.07) is 5.55. The Morgan fingerprint density at radius 1 is 1.33 bits per heavy atom. The standard InChI is InChI=1S/C17H14ClF3N4O.Co/c1-9-6-10(18)7-12(17(19,20)21)15(9)24-16-11-3-5-25(8-14(22)26)13(11)2-4-23-16;/h2-7H,8H2,1H3,(H3,22,23,24,26);/p-1. The molecule has 145 valence electrons. The van der Waals surface area contributed by atoms with E-state index in [0.717, 1.165) is 6.07 Å². The fourth-order valence-corrected chi connectivity index (χ4v) is 3.04. The van der Waals surface area contributed by atoms with Crippen molar-refractivity contribution in [3.63, 3.8) is 0 Å². The van der Waals surface area contributed by atoms with Crippen molar-refractivity contribution in [1.82, 2.24) is 9.55 Å². The second-order valence-corrected chi connectivity index (χ2v) is 6.16. The molecule has 1 aromatic carbocycles. The second kappa shape index (κ2) is 7.79. The number of pyridine rings is 1. The van der Waals surface area contributed by atoms with Crippen LogP contribution in [-0.4, -0.2) is 15.5 Å². The summed E-state index contributed by atoms with van der Waals surface area (Å²) in [6.07, 6.45) is -1.58. The number of fused-ring (bicyclic) bond motifs is 1. The summed E-state index contributed by atoms with van der Waals surface area (Å²) in [7, 11) is 0. The number of carbonyl (C=O) groups excluding carboxylic acids is 1. The van der Waals surface area contributed by atoms with Crippen LogP contribution in [0.3, 0.4) is 0 Å². The smallest absolute Gasteiger partial charge is 0.418 e. The first-order chi connectivity index (χ1) is 12.2. The fraction of sp³-hybridized carbons (Fsp3) is 0.176. The number of hydrogen-bond acceptors (Lipinski definition) is 3. The Hall–Kier alpha value is -2.23. The van der Waals surface area contributed by atoms with Gasteiger partial charge in [0.2, 0.25) is 0 Å². The zero-order valence-electron chi connectivity index (χ0n) is 13.8. The molecule has 2 heterocycles. The number of aromatic nitrogens is 2. The van der Waals surface area contributed by atoms with Crippen LogP contribution in [0.4, 0.5) is 24.7 Å². The molecule has 0 spiro atoms. The molecule has 0 aliphatic carbocycles. The molecular formula is C17H13ClCoF3N4O-. The zero-order valence-corrected chi connectivity index (χ0v) is 15.6. The fourth-order valence-electron chi connectivity index (χ4n) is 2.77. The summed E-state index contributed by atoms with van der Waals surface area (Å²) in [5, 5.41) is 3.28. The number of aryl methyl sites for hydroxylation is 1. The molecule has 0 unspecified atom stereocenters. The summed E-state index contributed by atoms with van der Waals surface area (Å²) in [5.41, 5.74) is 6.97. The van der Waals surface area contributed by atoms with Crippen LogP contribution in [0, 0.1) is 6.92 Å². The molecule has 0 aliphatic heterocycles. The van der Waals surface area contributed by atoms with Crippen molar-refractivity contribution in [1.29, 1.82) is 0 Å². The molecular weight excluding hydrogens is 428 g/mol. The van der Waals surface area contributed by atoms with Gasteiger partial charge in [-0.1, -0.05) is 11.6 Å². The van der Waals surface area contributed by atoms with Gasteiger partial charge in [-0.25, -0.2) is 4.98 Å². The Balaban J connectivity index is 0.00000261. The van der Waals surface area contributed by atoms with E-state index in [-0.39, 0.29) is 39.9 Å². The molecule has 3 rings (SSSR count). The van der Waals surface area contributed by atoms with Crippen LogP contribution in [0.15, 0.2) is 36.7 Å². The van der Waals surface area contributed by atoms with Crippen molar-refractivity contribution in [2.75, 3.05) is 5.32 Å². The first kappa shape index (κ1) is 21.1. The molecule has 0 aliphatic rings. The number of benzene rings is 1. The van der Waals surface area contributed by atoms with E-state index in [1.807, 2.05) is 0 Å². The molecule has 1 amide bonds. The van der Waals surface area contributed by atoms with Crippen LogP contribution in [-0.2, 0) is 34.3 Å². The summed E-state index contributed by atoms with van der Waals surface area (Å²) in [4.78, 5) is 15.2. The van der Waals surface area contributed by atoms with E-state index >= 15 is 0 Å². The van der Waals surface area contributed by atoms with Crippen LogP contribution in [0.2, 0.25) is 5.02 Å². The molecule has 0 saturated carbocycles. The van der Waals surface area contributed by atoms with Gasteiger partial charge in [0.05, 0.1) is 29.2 Å². The van der Waals surface area contributed by atoms with E-state index in [0.29, 0.717) is 16.5 Å². The predicted octanol–water partition coefficient (Wildman–Crippen LogP) is 5.34. The number of amides is 1. The summed E-state index contributed by atoms with van der Waals surface area (Å²) in [5.74, 6) is -0.559. The first-order valence-electron chi connectivity index (χ1n) is 7.49. The molecule has 27 heavy (non-hydrogen) atoms. The van der Waals surface area contributed by atoms with E-state index < -0.39 is 17.6 Å². The van der Waals surface area contributed by atoms with Crippen LogP contribution in [0.25, 0.3) is 16.6 Å². The van der Waals surface area contributed by atoms with E-state index in [9.17, 15) is 18.0 Å². The quantitative estimate of drug-likeness (QED) is 0.595. The van der Waals surface area contributed by atoms with Crippen molar-refractivity contribution in [3.8, 4) is 0 Å². The Labute approximate surface area is 167 Å². The minimum absolute atomic E-state index is 0. The molecule has 1 radical (unpaired) electrons. The summed E-state index contributed by atoms with van der Waals surface area (Å²) >= 11 is 5.78. The molecule has 3 aromatic rings. The van der Waals surface area contributed by atoms with Crippen LogP contribution in [0.1, 0.15) is 11.1 Å². The molecule has 0 bridgehead atoms. The van der Waals surface area contributed by atoms with Gasteiger partial charge < -0.3 is 20.4 Å². The van der Waals surface area contributed by atoms with Gasteiger partial charge in [0.1, 0.15) is 5.82 Å². The molecule has 0 fully saturated rings. The summed E-state index contributed by atoms with van der Waals surface area (Å²) < 4.78 is 41.7. The molecule has 0 saturated heterocycles. The first-order valence-corrected chi connectivity index (χ1v) is 7.87. The van der Waals surface area contributed by atoms with Crippen LogP contribution >= 0.6 is 11.6 Å². The third-order valence-corrected chi connectivity index (χ3v) is 4.08. The van der Waals surface area contributed by atoms with Crippen molar-refractivity contribution < 1.29 is 34.7 Å². The Kier molecular flexibility index (Phi) is 6.08. The zero-order chi connectivity index (χ0) is 19.1. The van der Waals surface area contributed by atoms with Gasteiger partial charge in [0, 0.05) is 39.6 Å².